The second-order valence-electron chi connectivity index (χ2n) is 6.57. The van der Waals surface area contributed by atoms with E-state index in [1.807, 2.05) is 51.1 Å². The highest BCUT2D eigenvalue weighted by atomic mass is 35.5. The number of nitrogens with one attached hydrogen (secondary N) is 1. The molecular weight excluding hydrogens is 334 g/mol. The molecule has 0 saturated carbocycles. The van der Waals surface area contributed by atoms with Crippen molar-refractivity contribution >= 4 is 17.5 Å². The molecule has 134 valence electrons. The van der Waals surface area contributed by atoms with Crippen LogP contribution in [0.4, 0.5) is 0 Å². The van der Waals surface area contributed by atoms with Crippen LogP contribution in [0.5, 0.6) is 5.75 Å². The zero-order valence-electron chi connectivity index (χ0n) is 15.3. The molecule has 0 aliphatic heterocycles. The van der Waals surface area contributed by atoms with E-state index >= 15 is 0 Å². The smallest absolute Gasteiger partial charge is 0.260 e. The van der Waals surface area contributed by atoms with E-state index in [0.717, 1.165) is 29.0 Å². The number of halogens is 1. The van der Waals surface area contributed by atoms with Crippen LogP contribution in [0.15, 0.2) is 42.5 Å². The van der Waals surface area contributed by atoms with Gasteiger partial charge in [-0.1, -0.05) is 41.9 Å². The minimum atomic E-state index is -0.556. The molecule has 1 N–H and O–H groups in total. The van der Waals surface area contributed by atoms with Gasteiger partial charge in [0.05, 0.1) is 0 Å². The lowest BCUT2D eigenvalue weighted by molar-refractivity contribution is -0.127. The fourth-order valence-electron chi connectivity index (χ4n) is 2.69. The molecular formula is C21H26ClNO2. The summed E-state index contributed by atoms with van der Waals surface area (Å²) in [5.74, 6) is 0.560. The molecule has 3 nitrogen and oxygen atoms in total. The Morgan fingerprint density at radius 1 is 1.12 bits per heavy atom. The number of benzene rings is 2. The van der Waals surface area contributed by atoms with Crippen LogP contribution in [-0.4, -0.2) is 18.1 Å². The number of aryl methyl sites for hydroxylation is 3. The molecule has 2 rings (SSSR count). The highest BCUT2D eigenvalue weighted by molar-refractivity contribution is 6.32. The van der Waals surface area contributed by atoms with Gasteiger partial charge < -0.3 is 10.1 Å². The Hall–Kier alpha value is -2.00. The number of carbonyl (C=O) groups is 1. The van der Waals surface area contributed by atoms with Crippen LogP contribution in [0.1, 0.15) is 37.0 Å². The van der Waals surface area contributed by atoms with Crippen molar-refractivity contribution in [2.45, 2.75) is 52.7 Å². The maximum absolute atomic E-state index is 12.3. The summed E-state index contributed by atoms with van der Waals surface area (Å²) in [7, 11) is 0. The Balaban J connectivity index is 1.85. The first-order valence-corrected chi connectivity index (χ1v) is 9.02. The summed E-state index contributed by atoms with van der Waals surface area (Å²) in [5, 5.41) is 3.76. The molecule has 0 aliphatic rings. The Labute approximate surface area is 155 Å². The van der Waals surface area contributed by atoms with Gasteiger partial charge in [0.15, 0.2) is 6.10 Å². The monoisotopic (exact) mass is 359 g/mol. The molecule has 2 atom stereocenters. The van der Waals surface area contributed by atoms with Crippen molar-refractivity contribution in [3.8, 4) is 5.75 Å². The van der Waals surface area contributed by atoms with Crippen molar-refractivity contribution in [3.63, 3.8) is 0 Å². The fourth-order valence-corrected chi connectivity index (χ4v) is 2.80. The molecule has 2 aromatic rings. The second-order valence-corrected chi connectivity index (χ2v) is 6.94. The van der Waals surface area contributed by atoms with Crippen molar-refractivity contribution in [1.29, 1.82) is 0 Å². The molecule has 0 bridgehead atoms. The lowest BCUT2D eigenvalue weighted by Crippen LogP contribution is -2.41. The van der Waals surface area contributed by atoms with Crippen molar-refractivity contribution in [1.82, 2.24) is 5.32 Å². The molecule has 0 aromatic heterocycles. The zero-order valence-corrected chi connectivity index (χ0v) is 16.1. The van der Waals surface area contributed by atoms with Crippen molar-refractivity contribution in [2.75, 3.05) is 0 Å². The first-order valence-electron chi connectivity index (χ1n) is 8.64. The van der Waals surface area contributed by atoms with E-state index in [2.05, 4.69) is 17.4 Å². The van der Waals surface area contributed by atoms with Gasteiger partial charge >= 0.3 is 0 Å². The SMILES string of the molecule is Cc1cc(OC(C)C(=O)NC(C)CCc2ccccc2)cc(C)c1Cl. The van der Waals surface area contributed by atoms with E-state index in [0.29, 0.717) is 5.75 Å². The molecule has 0 aliphatic carbocycles. The summed E-state index contributed by atoms with van der Waals surface area (Å²) < 4.78 is 5.79. The zero-order chi connectivity index (χ0) is 18.4. The number of amides is 1. The van der Waals surface area contributed by atoms with Crippen LogP contribution >= 0.6 is 11.6 Å². The molecule has 25 heavy (non-hydrogen) atoms. The summed E-state index contributed by atoms with van der Waals surface area (Å²) in [6.07, 6.45) is 1.27. The number of hydrogen-bond acceptors (Lipinski definition) is 2. The Morgan fingerprint density at radius 3 is 2.32 bits per heavy atom. The minimum Gasteiger partial charge on any atom is -0.481 e. The number of hydrogen-bond donors (Lipinski definition) is 1. The van der Waals surface area contributed by atoms with E-state index in [4.69, 9.17) is 16.3 Å². The molecule has 0 spiro atoms. The quantitative estimate of drug-likeness (QED) is 0.766. The first-order chi connectivity index (χ1) is 11.9. The predicted molar refractivity (Wildman–Crippen MR) is 103 cm³/mol. The average molecular weight is 360 g/mol. The van der Waals surface area contributed by atoms with Gasteiger partial charge in [-0.15, -0.1) is 0 Å². The lowest BCUT2D eigenvalue weighted by atomic mass is 10.1. The highest BCUT2D eigenvalue weighted by Gasteiger charge is 2.17. The van der Waals surface area contributed by atoms with Gasteiger partial charge in [-0.25, -0.2) is 0 Å². The molecule has 0 radical (unpaired) electrons. The molecule has 0 saturated heterocycles. The van der Waals surface area contributed by atoms with Crippen molar-refractivity contribution in [2.24, 2.45) is 0 Å². The third-order valence-electron chi connectivity index (χ3n) is 4.19. The number of ether oxygens (including phenoxy) is 1. The van der Waals surface area contributed by atoms with Crippen LogP contribution in [0.25, 0.3) is 0 Å². The summed E-state index contributed by atoms with van der Waals surface area (Å²) in [5.41, 5.74) is 3.17. The van der Waals surface area contributed by atoms with E-state index in [1.54, 1.807) is 6.92 Å². The molecule has 1 amide bonds. The highest BCUT2D eigenvalue weighted by Crippen LogP contribution is 2.26. The van der Waals surface area contributed by atoms with E-state index in [1.165, 1.54) is 5.56 Å². The Morgan fingerprint density at radius 2 is 1.72 bits per heavy atom. The van der Waals surface area contributed by atoms with Crippen LogP contribution in [-0.2, 0) is 11.2 Å². The van der Waals surface area contributed by atoms with Gasteiger partial charge in [0, 0.05) is 11.1 Å². The summed E-state index contributed by atoms with van der Waals surface area (Å²) in [6, 6.07) is 14.1. The number of rotatable bonds is 7. The normalized spacial score (nSPS) is 13.2. The molecule has 0 fully saturated rings. The van der Waals surface area contributed by atoms with Gasteiger partial charge in [0.1, 0.15) is 5.75 Å². The topological polar surface area (TPSA) is 38.3 Å². The largest absolute Gasteiger partial charge is 0.481 e. The van der Waals surface area contributed by atoms with Crippen LogP contribution in [0, 0.1) is 13.8 Å². The van der Waals surface area contributed by atoms with E-state index in [9.17, 15) is 4.79 Å². The van der Waals surface area contributed by atoms with E-state index < -0.39 is 6.10 Å². The molecule has 0 heterocycles. The Bertz CT molecular complexity index is 692. The summed E-state index contributed by atoms with van der Waals surface area (Å²) >= 11 is 6.17. The standard InChI is InChI=1S/C21H26ClNO2/c1-14-12-19(13-15(2)20(14)22)25-17(4)21(24)23-16(3)10-11-18-8-6-5-7-9-18/h5-9,12-13,16-17H,10-11H2,1-4H3,(H,23,24). The van der Waals surface area contributed by atoms with Gasteiger partial charge in [-0.2, -0.15) is 0 Å². The third-order valence-corrected chi connectivity index (χ3v) is 4.79. The third kappa shape index (κ3) is 5.79. The summed E-state index contributed by atoms with van der Waals surface area (Å²) in [6.45, 7) is 7.64. The van der Waals surface area contributed by atoms with Gasteiger partial charge in [-0.05, 0) is 69.4 Å². The second kappa shape index (κ2) is 8.91. The molecule has 4 heteroatoms. The maximum atomic E-state index is 12.3. The predicted octanol–water partition coefficient (Wildman–Crippen LogP) is 4.86. The summed E-state index contributed by atoms with van der Waals surface area (Å²) in [4.78, 5) is 12.3. The molecule has 2 aromatic carbocycles. The lowest BCUT2D eigenvalue weighted by Gasteiger charge is -2.19. The Kier molecular flexibility index (Phi) is 6.89. The minimum absolute atomic E-state index is 0.0902. The average Bonchev–Trinajstić information content (AvgIpc) is 2.58. The van der Waals surface area contributed by atoms with E-state index in [-0.39, 0.29) is 11.9 Å². The van der Waals surface area contributed by atoms with Gasteiger partial charge in [0.2, 0.25) is 0 Å². The maximum Gasteiger partial charge on any atom is 0.260 e. The number of carbonyl (C=O) groups excluding carboxylic acids is 1. The van der Waals surface area contributed by atoms with Crippen LogP contribution in [0.3, 0.4) is 0 Å². The first kappa shape index (κ1) is 19.3. The van der Waals surface area contributed by atoms with Crippen molar-refractivity contribution < 1.29 is 9.53 Å². The van der Waals surface area contributed by atoms with Gasteiger partial charge in [-0.3, -0.25) is 4.79 Å². The van der Waals surface area contributed by atoms with Crippen LogP contribution < -0.4 is 10.1 Å². The van der Waals surface area contributed by atoms with Crippen LogP contribution in [0.2, 0.25) is 5.02 Å². The van der Waals surface area contributed by atoms with Gasteiger partial charge in [0.25, 0.3) is 5.91 Å². The fraction of sp³-hybridized carbons (Fsp3) is 0.381. The molecule has 2 unspecified atom stereocenters. The van der Waals surface area contributed by atoms with Crippen molar-refractivity contribution in [3.05, 3.63) is 64.2 Å².